The minimum atomic E-state index is -0.422. The van der Waals surface area contributed by atoms with Crippen LogP contribution in [0.3, 0.4) is 0 Å². The highest BCUT2D eigenvalue weighted by atomic mass is 16.6. The van der Waals surface area contributed by atoms with Gasteiger partial charge in [0.15, 0.2) is 0 Å². The van der Waals surface area contributed by atoms with Gasteiger partial charge in [-0.1, -0.05) is 12.5 Å². The molecular formula is C11H18O3. The highest BCUT2D eigenvalue weighted by Crippen LogP contribution is 2.03. The summed E-state index contributed by atoms with van der Waals surface area (Å²) in [5.74, 6) is -0.137. The van der Waals surface area contributed by atoms with Gasteiger partial charge in [-0.3, -0.25) is 0 Å². The Hall–Kier alpha value is -1.25. The third kappa shape index (κ3) is 5.41. The van der Waals surface area contributed by atoms with Crippen LogP contribution in [0.15, 0.2) is 23.5 Å². The summed E-state index contributed by atoms with van der Waals surface area (Å²) in [6.45, 7) is 6.30. The van der Waals surface area contributed by atoms with Crippen LogP contribution in [0.5, 0.6) is 0 Å². The molecule has 14 heavy (non-hydrogen) atoms. The van der Waals surface area contributed by atoms with Crippen LogP contribution < -0.4 is 0 Å². The molecular weight excluding hydrogens is 180 g/mol. The molecule has 0 spiro atoms. The molecule has 0 saturated carbocycles. The lowest BCUT2D eigenvalue weighted by Crippen LogP contribution is -2.08. The van der Waals surface area contributed by atoms with Gasteiger partial charge in [-0.25, -0.2) is 4.79 Å². The summed E-state index contributed by atoms with van der Waals surface area (Å²) in [5, 5.41) is 0. The molecule has 0 rings (SSSR count). The van der Waals surface area contributed by atoms with Crippen LogP contribution in [0.25, 0.3) is 0 Å². The fraction of sp³-hybridized carbons (Fsp3) is 0.545. The van der Waals surface area contributed by atoms with Gasteiger partial charge in [0.2, 0.25) is 5.76 Å². The quantitative estimate of drug-likeness (QED) is 0.294. The zero-order valence-electron chi connectivity index (χ0n) is 9.29. The highest BCUT2D eigenvalue weighted by molar-refractivity contribution is 5.86. The van der Waals surface area contributed by atoms with Crippen LogP contribution >= 0.6 is 0 Å². The molecule has 80 valence electrons. The first kappa shape index (κ1) is 12.8. The van der Waals surface area contributed by atoms with E-state index in [9.17, 15) is 4.79 Å². The van der Waals surface area contributed by atoms with Gasteiger partial charge in [0.05, 0.1) is 7.11 Å². The molecule has 0 unspecified atom stereocenters. The normalized spacial score (nSPS) is 10.7. The Balaban J connectivity index is 4.19. The average Bonchev–Trinajstić information content (AvgIpc) is 2.15. The topological polar surface area (TPSA) is 35.5 Å². The van der Waals surface area contributed by atoms with Crippen molar-refractivity contribution in [3.63, 3.8) is 0 Å². The van der Waals surface area contributed by atoms with E-state index in [1.54, 1.807) is 6.08 Å². The van der Waals surface area contributed by atoms with Gasteiger partial charge in [-0.15, -0.1) is 0 Å². The zero-order chi connectivity index (χ0) is 11.0. The molecule has 0 aliphatic heterocycles. The summed E-state index contributed by atoms with van der Waals surface area (Å²) < 4.78 is 9.83. The van der Waals surface area contributed by atoms with Crippen molar-refractivity contribution in [2.45, 2.75) is 27.2 Å². The molecule has 0 radical (unpaired) electrons. The number of esters is 1. The van der Waals surface area contributed by atoms with E-state index in [0.717, 1.165) is 12.0 Å². The third-order valence-electron chi connectivity index (χ3n) is 1.51. The molecule has 0 heterocycles. The molecule has 0 aliphatic rings. The largest absolute Gasteiger partial charge is 0.483 e. The van der Waals surface area contributed by atoms with Crippen molar-refractivity contribution >= 4 is 5.97 Å². The summed E-state index contributed by atoms with van der Waals surface area (Å²) in [4.78, 5) is 11.1. The molecule has 0 saturated heterocycles. The van der Waals surface area contributed by atoms with Crippen molar-refractivity contribution in [3.05, 3.63) is 23.5 Å². The number of hydrogen-bond donors (Lipinski definition) is 0. The van der Waals surface area contributed by atoms with E-state index in [4.69, 9.17) is 4.74 Å². The maximum atomic E-state index is 11.1. The standard InChI is InChI=1S/C11H18O3/c1-5-6-10(11(12)13-4)14-8-7-9(2)3/h6-7H,5,8H2,1-4H3/b10-6+. The SMILES string of the molecule is CC/C=C(/OCC=C(C)C)C(=O)OC. The van der Waals surface area contributed by atoms with Gasteiger partial charge in [0.1, 0.15) is 6.61 Å². The Morgan fingerprint density at radius 3 is 2.36 bits per heavy atom. The Morgan fingerprint density at radius 2 is 1.93 bits per heavy atom. The summed E-state index contributed by atoms with van der Waals surface area (Å²) in [5.41, 5.74) is 1.16. The molecule has 0 aromatic carbocycles. The first-order valence-corrected chi connectivity index (χ1v) is 4.66. The number of ether oxygens (including phenoxy) is 2. The Labute approximate surface area is 85.4 Å². The van der Waals surface area contributed by atoms with Crippen molar-refractivity contribution in [1.29, 1.82) is 0 Å². The van der Waals surface area contributed by atoms with E-state index < -0.39 is 5.97 Å². The van der Waals surface area contributed by atoms with E-state index in [-0.39, 0.29) is 5.76 Å². The van der Waals surface area contributed by atoms with Crippen molar-refractivity contribution < 1.29 is 14.3 Å². The van der Waals surface area contributed by atoms with Crippen molar-refractivity contribution in [2.24, 2.45) is 0 Å². The second kappa shape index (κ2) is 7.18. The van der Waals surface area contributed by atoms with E-state index in [1.165, 1.54) is 7.11 Å². The van der Waals surface area contributed by atoms with Crippen LogP contribution in [0, 0.1) is 0 Å². The Morgan fingerprint density at radius 1 is 1.29 bits per heavy atom. The van der Waals surface area contributed by atoms with Gasteiger partial charge >= 0.3 is 5.97 Å². The van der Waals surface area contributed by atoms with Crippen molar-refractivity contribution in [1.82, 2.24) is 0 Å². The Bertz CT molecular complexity index is 235. The third-order valence-corrected chi connectivity index (χ3v) is 1.51. The van der Waals surface area contributed by atoms with Gasteiger partial charge in [-0.05, 0) is 32.4 Å². The van der Waals surface area contributed by atoms with Crippen LogP contribution in [-0.2, 0) is 14.3 Å². The molecule has 0 atom stereocenters. The number of allylic oxidation sites excluding steroid dienone is 2. The lowest BCUT2D eigenvalue weighted by atomic mass is 10.3. The van der Waals surface area contributed by atoms with Crippen LogP contribution in [-0.4, -0.2) is 19.7 Å². The molecule has 0 aliphatic carbocycles. The van der Waals surface area contributed by atoms with E-state index in [1.807, 2.05) is 26.8 Å². The molecule has 0 fully saturated rings. The molecule has 0 amide bonds. The van der Waals surface area contributed by atoms with Gasteiger partial charge in [-0.2, -0.15) is 0 Å². The van der Waals surface area contributed by atoms with E-state index in [0.29, 0.717) is 6.61 Å². The minimum Gasteiger partial charge on any atom is -0.483 e. The number of carbonyl (C=O) groups is 1. The molecule has 3 nitrogen and oxygen atoms in total. The summed E-state index contributed by atoms with van der Waals surface area (Å²) in [6.07, 6.45) is 4.37. The lowest BCUT2D eigenvalue weighted by Gasteiger charge is -2.06. The van der Waals surface area contributed by atoms with Gasteiger partial charge in [0.25, 0.3) is 0 Å². The fourth-order valence-corrected chi connectivity index (χ4v) is 0.785. The van der Waals surface area contributed by atoms with E-state index >= 15 is 0 Å². The minimum absolute atomic E-state index is 0.285. The average molecular weight is 198 g/mol. The predicted molar refractivity (Wildman–Crippen MR) is 55.8 cm³/mol. The molecule has 3 heteroatoms. The smallest absolute Gasteiger partial charge is 0.372 e. The molecule has 0 N–H and O–H groups in total. The Kier molecular flexibility index (Phi) is 6.54. The number of methoxy groups -OCH3 is 1. The van der Waals surface area contributed by atoms with Crippen LogP contribution in [0.1, 0.15) is 27.2 Å². The number of carbonyl (C=O) groups excluding carboxylic acids is 1. The van der Waals surface area contributed by atoms with Crippen molar-refractivity contribution in [3.8, 4) is 0 Å². The first-order valence-electron chi connectivity index (χ1n) is 4.66. The second-order valence-corrected chi connectivity index (χ2v) is 3.06. The maximum Gasteiger partial charge on any atom is 0.372 e. The van der Waals surface area contributed by atoms with E-state index in [2.05, 4.69) is 4.74 Å². The summed E-state index contributed by atoms with van der Waals surface area (Å²) >= 11 is 0. The monoisotopic (exact) mass is 198 g/mol. The lowest BCUT2D eigenvalue weighted by molar-refractivity contribution is -0.139. The molecule has 0 aromatic heterocycles. The summed E-state index contributed by atoms with van der Waals surface area (Å²) in [7, 11) is 1.34. The maximum absolute atomic E-state index is 11.1. The van der Waals surface area contributed by atoms with Crippen molar-refractivity contribution in [2.75, 3.05) is 13.7 Å². The number of rotatable bonds is 5. The van der Waals surface area contributed by atoms with Gasteiger partial charge in [0, 0.05) is 0 Å². The zero-order valence-corrected chi connectivity index (χ0v) is 9.29. The summed E-state index contributed by atoms with van der Waals surface area (Å²) in [6, 6.07) is 0. The first-order chi connectivity index (χ1) is 6.61. The fourth-order valence-electron chi connectivity index (χ4n) is 0.785. The molecule has 0 bridgehead atoms. The number of hydrogen-bond acceptors (Lipinski definition) is 3. The second-order valence-electron chi connectivity index (χ2n) is 3.06. The predicted octanol–water partition coefficient (Wildman–Crippen LogP) is 2.44. The van der Waals surface area contributed by atoms with Crippen LogP contribution in [0.4, 0.5) is 0 Å². The highest BCUT2D eigenvalue weighted by Gasteiger charge is 2.08. The molecule has 0 aromatic rings. The van der Waals surface area contributed by atoms with Crippen LogP contribution in [0.2, 0.25) is 0 Å². The van der Waals surface area contributed by atoms with Gasteiger partial charge < -0.3 is 9.47 Å².